The molecule has 2 atom stereocenters. The van der Waals surface area contributed by atoms with Crippen LogP contribution in [0.3, 0.4) is 0 Å². The highest BCUT2D eigenvalue weighted by atomic mass is 15.2. The van der Waals surface area contributed by atoms with Gasteiger partial charge in [0.25, 0.3) is 0 Å². The molecule has 0 spiro atoms. The lowest BCUT2D eigenvalue weighted by molar-refractivity contribution is 0.197. The maximum Gasteiger partial charge on any atom is 0.0192 e. The van der Waals surface area contributed by atoms with E-state index in [-0.39, 0.29) is 0 Å². The van der Waals surface area contributed by atoms with E-state index in [9.17, 15) is 0 Å². The fourth-order valence-corrected chi connectivity index (χ4v) is 3.21. The summed E-state index contributed by atoms with van der Waals surface area (Å²) in [4.78, 5) is 2.69. The zero-order valence-electron chi connectivity index (χ0n) is 13.3. The summed E-state index contributed by atoms with van der Waals surface area (Å²) in [7, 11) is 0. The zero-order valence-corrected chi connectivity index (χ0v) is 13.3. The molecule has 1 N–H and O–H groups in total. The van der Waals surface area contributed by atoms with E-state index in [1.54, 1.807) is 0 Å². The highest BCUT2D eigenvalue weighted by molar-refractivity contribution is 4.90. The molecule has 1 rings (SSSR count). The van der Waals surface area contributed by atoms with Crippen LogP contribution in [0.1, 0.15) is 66.7 Å². The van der Waals surface area contributed by atoms with Gasteiger partial charge >= 0.3 is 0 Å². The lowest BCUT2D eigenvalue weighted by Gasteiger charge is -2.30. The molecule has 0 aliphatic carbocycles. The van der Waals surface area contributed by atoms with Gasteiger partial charge in [0.05, 0.1) is 0 Å². The number of hydrogen-bond acceptors (Lipinski definition) is 2. The minimum atomic E-state index is 0.614. The number of nitrogens with one attached hydrogen (secondary N) is 1. The molecule has 2 heteroatoms. The third-order valence-corrected chi connectivity index (χ3v) is 5.07. The highest BCUT2D eigenvalue weighted by Gasteiger charge is 2.36. The van der Waals surface area contributed by atoms with E-state index in [1.807, 2.05) is 0 Å². The van der Waals surface area contributed by atoms with Crippen LogP contribution in [-0.4, -0.2) is 36.6 Å². The van der Waals surface area contributed by atoms with E-state index in [4.69, 9.17) is 0 Å². The Balaban J connectivity index is 2.33. The van der Waals surface area contributed by atoms with Gasteiger partial charge in [-0.05, 0) is 51.5 Å². The van der Waals surface area contributed by atoms with Crippen molar-refractivity contribution in [3.8, 4) is 0 Å². The van der Waals surface area contributed by atoms with E-state index >= 15 is 0 Å². The topological polar surface area (TPSA) is 15.3 Å². The largest absolute Gasteiger partial charge is 0.313 e. The number of nitrogens with zero attached hydrogens (tertiary/aromatic N) is 1. The molecule has 108 valence electrons. The first-order valence-corrected chi connectivity index (χ1v) is 8.04. The molecule has 0 aromatic heterocycles. The van der Waals surface area contributed by atoms with Crippen molar-refractivity contribution in [1.29, 1.82) is 0 Å². The maximum atomic E-state index is 3.68. The molecule has 18 heavy (non-hydrogen) atoms. The Morgan fingerprint density at radius 1 is 1.17 bits per heavy atom. The third kappa shape index (κ3) is 4.24. The van der Waals surface area contributed by atoms with Gasteiger partial charge in [0.1, 0.15) is 0 Å². The predicted molar refractivity (Wildman–Crippen MR) is 81.0 cm³/mol. The summed E-state index contributed by atoms with van der Waals surface area (Å²) in [6.45, 7) is 15.4. The van der Waals surface area contributed by atoms with Crippen LogP contribution >= 0.6 is 0 Å². The van der Waals surface area contributed by atoms with Crippen LogP contribution in [0.4, 0.5) is 0 Å². The summed E-state index contributed by atoms with van der Waals surface area (Å²) in [6, 6.07) is 1.35. The Labute approximate surface area is 115 Å². The van der Waals surface area contributed by atoms with Gasteiger partial charge in [0, 0.05) is 25.2 Å². The van der Waals surface area contributed by atoms with E-state index in [0.717, 1.165) is 6.54 Å². The molecule has 0 aromatic rings. The van der Waals surface area contributed by atoms with Crippen molar-refractivity contribution >= 4 is 0 Å². The molecule has 2 unspecified atom stereocenters. The molecule has 1 aliphatic heterocycles. The average Bonchev–Trinajstić information content (AvgIpc) is 2.81. The van der Waals surface area contributed by atoms with Gasteiger partial charge in [-0.15, -0.1) is 0 Å². The van der Waals surface area contributed by atoms with E-state index in [0.29, 0.717) is 17.5 Å². The molecule has 1 saturated heterocycles. The second-order valence-electron chi connectivity index (χ2n) is 6.37. The summed E-state index contributed by atoms with van der Waals surface area (Å²) < 4.78 is 0. The summed E-state index contributed by atoms with van der Waals surface area (Å²) in [5.41, 5.74) is 0.614. The lowest BCUT2D eigenvalue weighted by atomic mass is 9.82. The van der Waals surface area contributed by atoms with E-state index < -0.39 is 0 Å². The Bertz CT molecular complexity index is 223. The molecular formula is C16H34N2. The van der Waals surface area contributed by atoms with Crippen molar-refractivity contribution in [2.24, 2.45) is 5.41 Å². The van der Waals surface area contributed by atoms with Gasteiger partial charge in [0.2, 0.25) is 0 Å². The van der Waals surface area contributed by atoms with Crippen molar-refractivity contribution in [3.05, 3.63) is 0 Å². The van der Waals surface area contributed by atoms with Gasteiger partial charge in [-0.1, -0.05) is 27.2 Å². The number of rotatable bonds is 8. The Morgan fingerprint density at radius 3 is 2.33 bits per heavy atom. The van der Waals surface area contributed by atoms with E-state index in [2.05, 4.69) is 44.8 Å². The summed E-state index contributed by atoms with van der Waals surface area (Å²) in [5, 5.41) is 3.68. The fraction of sp³-hybridized carbons (Fsp3) is 1.00. The van der Waals surface area contributed by atoms with Crippen molar-refractivity contribution in [3.63, 3.8) is 0 Å². The Kier molecular flexibility index (Phi) is 6.65. The second-order valence-corrected chi connectivity index (χ2v) is 6.37. The van der Waals surface area contributed by atoms with Gasteiger partial charge in [0.15, 0.2) is 0 Å². The van der Waals surface area contributed by atoms with Crippen molar-refractivity contribution < 1.29 is 0 Å². The first kappa shape index (κ1) is 16.0. The lowest BCUT2D eigenvalue weighted by Crippen LogP contribution is -2.42. The second kappa shape index (κ2) is 7.49. The SMILES string of the molecule is CCCC(C)NCC(C)N1CCC(CC)(CC)C1. The van der Waals surface area contributed by atoms with Crippen LogP contribution < -0.4 is 5.32 Å². The van der Waals surface area contributed by atoms with Crippen molar-refractivity contribution in [2.75, 3.05) is 19.6 Å². The maximum absolute atomic E-state index is 3.68. The van der Waals surface area contributed by atoms with Crippen LogP contribution in [0.15, 0.2) is 0 Å². The van der Waals surface area contributed by atoms with Crippen LogP contribution in [0, 0.1) is 5.41 Å². The number of likely N-dealkylation sites (tertiary alicyclic amines) is 1. The van der Waals surface area contributed by atoms with Crippen LogP contribution in [-0.2, 0) is 0 Å². The summed E-state index contributed by atoms with van der Waals surface area (Å²) >= 11 is 0. The minimum absolute atomic E-state index is 0.614. The van der Waals surface area contributed by atoms with Crippen molar-refractivity contribution in [1.82, 2.24) is 10.2 Å². The third-order valence-electron chi connectivity index (χ3n) is 5.07. The zero-order chi connectivity index (χ0) is 13.6. The first-order chi connectivity index (χ1) is 8.56. The molecule has 0 aromatic carbocycles. The van der Waals surface area contributed by atoms with Crippen LogP contribution in [0.2, 0.25) is 0 Å². The molecule has 1 fully saturated rings. The molecule has 0 radical (unpaired) electrons. The van der Waals surface area contributed by atoms with Crippen molar-refractivity contribution in [2.45, 2.75) is 78.8 Å². The molecule has 0 bridgehead atoms. The molecule has 0 amide bonds. The van der Waals surface area contributed by atoms with Gasteiger partial charge < -0.3 is 5.32 Å². The Hall–Kier alpha value is -0.0800. The first-order valence-electron chi connectivity index (χ1n) is 8.04. The normalized spacial score (nSPS) is 23.2. The molecular weight excluding hydrogens is 220 g/mol. The Morgan fingerprint density at radius 2 is 1.83 bits per heavy atom. The molecule has 0 saturated carbocycles. The van der Waals surface area contributed by atoms with Gasteiger partial charge in [-0.2, -0.15) is 0 Å². The standard InChI is InChI=1S/C16H34N2/c1-6-9-14(4)17-12-15(5)18-11-10-16(7-2,8-3)13-18/h14-15,17H,6-13H2,1-5H3. The predicted octanol–water partition coefficient (Wildman–Crippen LogP) is 3.67. The minimum Gasteiger partial charge on any atom is -0.313 e. The van der Waals surface area contributed by atoms with Gasteiger partial charge in [-0.3, -0.25) is 4.90 Å². The molecule has 1 aliphatic rings. The van der Waals surface area contributed by atoms with Gasteiger partial charge in [-0.25, -0.2) is 0 Å². The summed E-state index contributed by atoms with van der Waals surface area (Å²) in [5.74, 6) is 0. The monoisotopic (exact) mass is 254 g/mol. The number of hydrogen-bond donors (Lipinski definition) is 1. The average molecular weight is 254 g/mol. The van der Waals surface area contributed by atoms with Crippen LogP contribution in [0.25, 0.3) is 0 Å². The van der Waals surface area contributed by atoms with Crippen LogP contribution in [0.5, 0.6) is 0 Å². The van der Waals surface area contributed by atoms with E-state index in [1.165, 1.54) is 45.2 Å². The highest BCUT2D eigenvalue weighted by Crippen LogP contribution is 2.37. The molecule has 2 nitrogen and oxygen atoms in total. The molecule has 1 heterocycles. The fourth-order valence-electron chi connectivity index (χ4n) is 3.21. The smallest absolute Gasteiger partial charge is 0.0192 e. The quantitative estimate of drug-likeness (QED) is 0.711. The summed E-state index contributed by atoms with van der Waals surface area (Å²) in [6.07, 6.45) is 6.65.